The topological polar surface area (TPSA) is 0 Å². The predicted molar refractivity (Wildman–Crippen MR) is 136 cm³/mol. The highest BCUT2D eigenvalue weighted by molar-refractivity contribution is 5.37. The summed E-state index contributed by atoms with van der Waals surface area (Å²) >= 11 is 0. The second-order valence-electron chi connectivity index (χ2n) is 11.6. The van der Waals surface area contributed by atoms with Crippen molar-refractivity contribution in [2.24, 2.45) is 10.8 Å². The van der Waals surface area contributed by atoms with Crippen LogP contribution in [0.25, 0.3) is 0 Å². The maximum Gasteiger partial charge on any atom is 0.416 e. The first-order valence-corrected chi connectivity index (χ1v) is 13.4. The molecule has 0 N–H and O–H groups in total. The molecule has 0 heterocycles. The van der Waals surface area contributed by atoms with Crippen LogP contribution in [0.2, 0.25) is 0 Å². The Labute approximate surface area is 237 Å². The molecule has 0 amide bonds. The second-order valence-corrected chi connectivity index (χ2v) is 11.6. The molecule has 42 heavy (non-hydrogen) atoms. The van der Waals surface area contributed by atoms with Crippen LogP contribution in [0.4, 0.5) is 52.7 Å². The van der Waals surface area contributed by atoms with Crippen LogP contribution in [0, 0.1) is 10.8 Å². The fourth-order valence-electron chi connectivity index (χ4n) is 5.23. The van der Waals surface area contributed by atoms with Crippen molar-refractivity contribution >= 4 is 0 Å². The van der Waals surface area contributed by atoms with Crippen LogP contribution in [0.1, 0.15) is 112 Å². The Bertz CT molecular complexity index is 1060. The zero-order valence-corrected chi connectivity index (χ0v) is 24.0. The van der Waals surface area contributed by atoms with E-state index in [-0.39, 0.29) is 36.1 Å². The average molecular weight is 623 g/mol. The molecule has 0 radical (unpaired) electrons. The Hall–Kier alpha value is -2.40. The van der Waals surface area contributed by atoms with Crippen LogP contribution < -0.4 is 0 Å². The molecule has 2 rings (SSSR count). The molecule has 0 bridgehead atoms. The summed E-state index contributed by atoms with van der Waals surface area (Å²) in [4.78, 5) is 0. The van der Waals surface area contributed by atoms with Crippen molar-refractivity contribution in [1.29, 1.82) is 0 Å². The molecule has 0 saturated heterocycles. The zero-order valence-electron chi connectivity index (χ0n) is 24.0. The van der Waals surface area contributed by atoms with Gasteiger partial charge in [-0.05, 0) is 83.0 Å². The first-order chi connectivity index (χ1) is 18.8. The van der Waals surface area contributed by atoms with Crippen molar-refractivity contribution in [2.75, 3.05) is 0 Å². The lowest BCUT2D eigenvalue weighted by atomic mass is 9.63. The van der Waals surface area contributed by atoms with Crippen LogP contribution in [0.3, 0.4) is 0 Å². The molecule has 238 valence electrons. The van der Waals surface area contributed by atoms with Gasteiger partial charge in [-0.1, -0.05) is 54.4 Å². The maximum atomic E-state index is 13.5. The Balaban J connectivity index is 2.50. The van der Waals surface area contributed by atoms with E-state index in [1.807, 2.05) is 0 Å². The summed E-state index contributed by atoms with van der Waals surface area (Å²) in [6, 6.07) is 2.88. The van der Waals surface area contributed by atoms with Crippen LogP contribution in [0.5, 0.6) is 0 Å². The monoisotopic (exact) mass is 622 g/mol. The molecular weight excluding hydrogens is 588 g/mol. The molecule has 0 aliphatic rings. The molecule has 12 heteroatoms. The van der Waals surface area contributed by atoms with E-state index < -0.39 is 69.6 Å². The minimum atomic E-state index is -5.02. The Morgan fingerprint density at radius 3 is 0.833 bits per heavy atom. The molecule has 0 aliphatic heterocycles. The average Bonchev–Trinajstić information content (AvgIpc) is 2.88. The number of halogens is 12. The van der Waals surface area contributed by atoms with Crippen LogP contribution in [0.15, 0.2) is 36.4 Å². The number of hydrogen-bond acceptors (Lipinski definition) is 0. The van der Waals surface area contributed by atoms with Gasteiger partial charge < -0.3 is 0 Å². The highest BCUT2D eigenvalue weighted by atomic mass is 19.4. The third-order valence-corrected chi connectivity index (χ3v) is 9.19. The van der Waals surface area contributed by atoms with Crippen molar-refractivity contribution in [3.05, 3.63) is 69.8 Å². The van der Waals surface area contributed by atoms with Gasteiger partial charge in [0.15, 0.2) is 0 Å². The quantitative estimate of drug-likeness (QED) is 0.244. The van der Waals surface area contributed by atoms with Gasteiger partial charge in [-0.15, -0.1) is 0 Å². The minimum absolute atomic E-state index is 0.0552. The van der Waals surface area contributed by atoms with Crippen molar-refractivity contribution < 1.29 is 52.7 Å². The van der Waals surface area contributed by atoms with Gasteiger partial charge in [0.05, 0.1) is 22.3 Å². The molecule has 4 unspecified atom stereocenters. The molecule has 0 aromatic heterocycles. The number of hydrogen-bond donors (Lipinski definition) is 0. The summed E-state index contributed by atoms with van der Waals surface area (Å²) in [6.45, 7) is 9.91. The summed E-state index contributed by atoms with van der Waals surface area (Å²) in [5.74, 6) is -1.60. The Morgan fingerprint density at radius 2 is 0.667 bits per heavy atom. The van der Waals surface area contributed by atoms with E-state index in [0.717, 1.165) is 0 Å². The molecule has 0 aliphatic carbocycles. The number of benzene rings is 2. The fourth-order valence-corrected chi connectivity index (χ4v) is 5.23. The van der Waals surface area contributed by atoms with E-state index in [1.54, 1.807) is 27.7 Å². The summed E-state index contributed by atoms with van der Waals surface area (Å²) < 4.78 is 162. The first kappa shape index (κ1) is 35.8. The van der Waals surface area contributed by atoms with Crippen molar-refractivity contribution in [3.8, 4) is 0 Å². The molecule has 0 nitrogen and oxygen atoms in total. The summed E-state index contributed by atoms with van der Waals surface area (Å²) in [5.41, 5.74) is -7.78. The summed E-state index contributed by atoms with van der Waals surface area (Å²) in [6.07, 6.45) is -18.9. The van der Waals surface area contributed by atoms with Gasteiger partial charge in [-0.3, -0.25) is 0 Å². The second kappa shape index (κ2) is 11.9. The van der Waals surface area contributed by atoms with Gasteiger partial charge in [0.2, 0.25) is 0 Å². The molecule has 0 spiro atoms. The lowest BCUT2D eigenvalue weighted by Crippen LogP contribution is -2.30. The largest absolute Gasteiger partial charge is 0.416 e. The maximum absolute atomic E-state index is 13.5. The smallest absolute Gasteiger partial charge is 0.166 e. The lowest BCUT2D eigenvalue weighted by Gasteiger charge is -2.42. The van der Waals surface area contributed by atoms with Gasteiger partial charge >= 0.3 is 24.7 Å². The lowest BCUT2D eigenvalue weighted by molar-refractivity contribution is -0.144. The summed E-state index contributed by atoms with van der Waals surface area (Å²) in [7, 11) is 0. The highest BCUT2D eigenvalue weighted by Crippen LogP contribution is 2.51. The van der Waals surface area contributed by atoms with Gasteiger partial charge in [-0.25, -0.2) is 0 Å². The van der Waals surface area contributed by atoms with Gasteiger partial charge in [0.1, 0.15) is 0 Å². The molecule has 2 aromatic carbocycles. The van der Waals surface area contributed by atoms with E-state index in [1.165, 1.54) is 13.8 Å². The molecule has 0 fully saturated rings. The van der Waals surface area contributed by atoms with Crippen LogP contribution in [-0.2, 0) is 24.7 Å². The van der Waals surface area contributed by atoms with Crippen molar-refractivity contribution in [1.82, 2.24) is 0 Å². The Kier molecular flexibility index (Phi) is 10.2. The standard InChI is InChI=1S/C30H34F12/c1-7-25(5,17(3)19-11-21(27(31,32)33)15-22(12-19)28(34,35)36)9-10-26(6,8-2)18(4)20-13-23(29(37,38)39)16-24(14-20)30(40,41)42/h11-18H,7-10H2,1-6H3. The predicted octanol–water partition coefficient (Wildman–Crippen LogP) is 12.3. The number of alkyl halides is 12. The van der Waals surface area contributed by atoms with E-state index >= 15 is 0 Å². The third kappa shape index (κ3) is 8.15. The first-order valence-electron chi connectivity index (χ1n) is 13.4. The minimum Gasteiger partial charge on any atom is -0.166 e. The molecule has 0 saturated carbocycles. The molecule has 4 atom stereocenters. The number of rotatable bonds is 9. The molecular formula is C30H34F12. The van der Waals surface area contributed by atoms with Crippen molar-refractivity contribution in [3.63, 3.8) is 0 Å². The Morgan fingerprint density at radius 1 is 0.452 bits per heavy atom. The van der Waals surface area contributed by atoms with E-state index in [4.69, 9.17) is 0 Å². The van der Waals surface area contributed by atoms with Crippen LogP contribution >= 0.6 is 0 Å². The van der Waals surface area contributed by atoms with Gasteiger partial charge in [0.25, 0.3) is 0 Å². The van der Waals surface area contributed by atoms with E-state index in [2.05, 4.69) is 0 Å². The fraction of sp³-hybridized carbons (Fsp3) is 0.600. The van der Waals surface area contributed by atoms with Gasteiger partial charge in [0, 0.05) is 0 Å². The van der Waals surface area contributed by atoms with E-state index in [9.17, 15) is 52.7 Å². The van der Waals surface area contributed by atoms with Crippen LogP contribution in [-0.4, -0.2) is 0 Å². The van der Waals surface area contributed by atoms with Crippen molar-refractivity contribution in [2.45, 2.75) is 104 Å². The van der Waals surface area contributed by atoms with E-state index in [0.29, 0.717) is 37.1 Å². The zero-order chi connectivity index (χ0) is 32.7. The summed E-state index contributed by atoms with van der Waals surface area (Å²) in [5, 5.41) is 0. The third-order valence-electron chi connectivity index (χ3n) is 9.19. The van der Waals surface area contributed by atoms with Gasteiger partial charge in [-0.2, -0.15) is 52.7 Å². The SMILES string of the molecule is CCC(C)(CCC(C)(CC)C(C)c1cc(C(F)(F)F)cc(C(F)(F)F)c1)C(C)c1cc(C(F)(F)F)cc(C(F)(F)F)c1. The normalized spacial score (nSPS) is 17.9. The molecule has 2 aromatic rings. The highest BCUT2D eigenvalue weighted by Gasteiger charge is 2.42.